The fourth-order valence-electron chi connectivity index (χ4n) is 0.911. The Hall–Kier alpha value is -0.120. The average molecular weight is 249 g/mol. The lowest BCUT2D eigenvalue weighted by molar-refractivity contribution is 0.134. The molecule has 0 saturated heterocycles. The van der Waals surface area contributed by atoms with Crippen LogP contribution >= 0.6 is 15.9 Å². The molecule has 0 aliphatic heterocycles. The molecule has 0 bridgehead atoms. The van der Waals surface area contributed by atoms with E-state index < -0.39 is 0 Å². The Morgan fingerprint density at radius 2 is 2.15 bits per heavy atom. The lowest BCUT2D eigenvalue weighted by Crippen LogP contribution is -2.10. The molecular formula is C10H17BrO2. The molecule has 1 atom stereocenters. The van der Waals surface area contributed by atoms with E-state index in [0.717, 1.165) is 17.6 Å². The number of rotatable bonds is 5. The Labute approximate surface area is 88.4 Å². The third kappa shape index (κ3) is 5.24. The van der Waals surface area contributed by atoms with Crippen LogP contribution in [0.25, 0.3) is 0 Å². The number of aliphatic hydroxyl groups is 1. The highest BCUT2D eigenvalue weighted by Gasteiger charge is 2.06. The molecule has 0 fully saturated rings. The van der Waals surface area contributed by atoms with Gasteiger partial charge in [-0.1, -0.05) is 27.6 Å². The van der Waals surface area contributed by atoms with Gasteiger partial charge >= 0.3 is 0 Å². The molecule has 2 nitrogen and oxygen atoms in total. The van der Waals surface area contributed by atoms with Crippen LogP contribution in [0.3, 0.4) is 0 Å². The zero-order valence-corrected chi connectivity index (χ0v) is 9.97. The molecular weight excluding hydrogens is 232 g/mol. The predicted molar refractivity (Wildman–Crippen MR) is 58.9 cm³/mol. The Morgan fingerprint density at radius 3 is 2.54 bits per heavy atom. The Bertz CT molecular complexity index is 197. The van der Waals surface area contributed by atoms with Crippen LogP contribution in [0.15, 0.2) is 22.2 Å². The van der Waals surface area contributed by atoms with E-state index in [1.54, 1.807) is 7.11 Å². The summed E-state index contributed by atoms with van der Waals surface area (Å²) < 4.78 is 5.27. The average Bonchev–Trinajstić information content (AvgIpc) is 2.17. The van der Waals surface area contributed by atoms with E-state index in [-0.39, 0.29) is 12.7 Å². The predicted octanol–water partition coefficient (Wildman–Crippen LogP) is 2.63. The molecule has 0 aromatic rings. The standard InChI is InChI=1S/C10H17BrO2/c1-8(7-12)4-5-10(13-3)9(2)6-11/h4,6,10,12H,5,7H2,1-3H3/b8-4+,9-6+/t10-/m1/s1. The lowest BCUT2D eigenvalue weighted by atomic mass is 10.1. The summed E-state index contributed by atoms with van der Waals surface area (Å²) in [6, 6.07) is 0. The molecule has 0 aliphatic rings. The van der Waals surface area contributed by atoms with E-state index in [0.29, 0.717) is 0 Å². The van der Waals surface area contributed by atoms with Crippen LogP contribution in [0.5, 0.6) is 0 Å². The summed E-state index contributed by atoms with van der Waals surface area (Å²) in [6.45, 7) is 4.03. The van der Waals surface area contributed by atoms with Crippen molar-refractivity contribution in [3.05, 3.63) is 22.2 Å². The molecule has 0 aromatic carbocycles. The topological polar surface area (TPSA) is 29.5 Å². The van der Waals surface area contributed by atoms with Crippen LogP contribution in [0.2, 0.25) is 0 Å². The van der Waals surface area contributed by atoms with E-state index in [1.165, 1.54) is 0 Å². The van der Waals surface area contributed by atoms with Gasteiger partial charge in [-0.2, -0.15) is 0 Å². The van der Waals surface area contributed by atoms with Gasteiger partial charge in [0.1, 0.15) is 0 Å². The van der Waals surface area contributed by atoms with Crippen LogP contribution in [0, 0.1) is 0 Å². The zero-order valence-electron chi connectivity index (χ0n) is 8.38. The molecule has 76 valence electrons. The van der Waals surface area contributed by atoms with Crippen LogP contribution in [0.1, 0.15) is 20.3 Å². The second kappa shape index (κ2) is 7.30. The second-order valence-electron chi connectivity index (χ2n) is 3.02. The van der Waals surface area contributed by atoms with Gasteiger partial charge in [-0.05, 0) is 30.8 Å². The van der Waals surface area contributed by atoms with Crippen LogP contribution < -0.4 is 0 Å². The van der Waals surface area contributed by atoms with E-state index in [9.17, 15) is 0 Å². The van der Waals surface area contributed by atoms with Crippen molar-refractivity contribution in [1.29, 1.82) is 0 Å². The molecule has 3 heteroatoms. The molecule has 0 radical (unpaired) electrons. The number of aliphatic hydroxyl groups excluding tert-OH is 1. The number of ether oxygens (including phenoxy) is 1. The number of methoxy groups -OCH3 is 1. The Balaban J connectivity index is 4.14. The number of hydrogen-bond acceptors (Lipinski definition) is 2. The Morgan fingerprint density at radius 1 is 1.54 bits per heavy atom. The minimum Gasteiger partial charge on any atom is -0.392 e. The van der Waals surface area contributed by atoms with Crippen molar-refractivity contribution in [2.45, 2.75) is 26.4 Å². The highest BCUT2D eigenvalue weighted by atomic mass is 79.9. The third-order valence-corrected chi connectivity index (χ3v) is 2.62. The van der Waals surface area contributed by atoms with E-state index >= 15 is 0 Å². The van der Waals surface area contributed by atoms with Crippen LogP contribution in [-0.4, -0.2) is 24.9 Å². The first-order chi connectivity index (χ1) is 6.15. The molecule has 0 amide bonds. The van der Waals surface area contributed by atoms with E-state index in [1.807, 2.05) is 24.9 Å². The molecule has 13 heavy (non-hydrogen) atoms. The van der Waals surface area contributed by atoms with E-state index in [2.05, 4.69) is 15.9 Å². The third-order valence-electron chi connectivity index (χ3n) is 1.89. The quantitative estimate of drug-likeness (QED) is 0.759. The summed E-state index contributed by atoms with van der Waals surface area (Å²) in [4.78, 5) is 1.86. The zero-order chi connectivity index (χ0) is 10.3. The van der Waals surface area contributed by atoms with Gasteiger partial charge in [-0.15, -0.1) is 0 Å². The van der Waals surface area contributed by atoms with Gasteiger partial charge < -0.3 is 9.84 Å². The maximum Gasteiger partial charge on any atom is 0.0821 e. The summed E-state index contributed by atoms with van der Waals surface area (Å²) in [5.74, 6) is 0. The van der Waals surface area contributed by atoms with Crippen molar-refractivity contribution in [3.63, 3.8) is 0 Å². The smallest absolute Gasteiger partial charge is 0.0821 e. The monoisotopic (exact) mass is 248 g/mol. The normalized spacial score (nSPS) is 16.1. The first-order valence-electron chi connectivity index (χ1n) is 4.21. The highest BCUT2D eigenvalue weighted by molar-refractivity contribution is 9.11. The fraction of sp³-hybridized carbons (Fsp3) is 0.600. The molecule has 0 saturated carbocycles. The van der Waals surface area contributed by atoms with Crippen molar-refractivity contribution in [2.75, 3.05) is 13.7 Å². The van der Waals surface area contributed by atoms with Gasteiger partial charge in [-0.3, -0.25) is 0 Å². The first kappa shape index (κ1) is 12.9. The molecule has 0 aromatic heterocycles. The SMILES string of the molecule is CO[C@H](C/C=C(\C)CO)/C(C)=C/Br. The summed E-state index contributed by atoms with van der Waals surface area (Å²) in [5.41, 5.74) is 2.12. The Kier molecular flexibility index (Phi) is 7.23. The van der Waals surface area contributed by atoms with Crippen molar-refractivity contribution in [2.24, 2.45) is 0 Å². The maximum absolute atomic E-state index is 8.78. The molecule has 0 rings (SSSR count). The summed E-state index contributed by atoms with van der Waals surface area (Å²) in [6.07, 6.45) is 2.89. The lowest BCUT2D eigenvalue weighted by Gasteiger charge is -2.13. The van der Waals surface area contributed by atoms with Crippen LogP contribution in [-0.2, 0) is 4.74 Å². The molecule has 0 aliphatic carbocycles. The minimum absolute atomic E-state index is 0.0980. The van der Waals surface area contributed by atoms with Gasteiger partial charge in [0.25, 0.3) is 0 Å². The summed E-state index contributed by atoms with van der Waals surface area (Å²) >= 11 is 3.27. The maximum atomic E-state index is 8.78. The van der Waals surface area contributed by atoms with Crippen LogP contribution in [0.4, 0.5) is 0 Å². The summed E-state index contributed by atoms with van der Waals surface area (Å²) in [5, 5.41) is 8.78. The highest BCUT2D eigenvalue weighted by Crippen LogP contribution is 2.13. The number of halogens is 1. The number of hydrogen-bond donors (Lipinski definition) is 1. The van der Waals surface area contributed by atoms with Crippen molar-refractivity contribution >= 4 is 15.9 Å². The van der Waals surface area contributed by atoms with E-state index in [4.69, 9.17) is 9.84 Å². The summed E-state index contributed by atoms with van der Waals surface area (Å²) in [7, 11) is 1.69. The molecule has 0 spiro atoms. The molecule has 0 heterocycles. The van der Waals surface area contributed by atoms with Gasteiger partial charge in [0.15, 0.2) is 0 Å². The second-order valence-corrected chi connectivity index (χ2v) is 3.48. The van der Waals surface area contributed by atoms with Gasteiger partial charge in [-0.25, -0.2) is 0 Å². The first-order valence-corrected chi connectivity index (χ1v) is 5.13. The minimum atomic E-state index is 0.0980. The van der Waals surface area contributed by atoms with Gasteiger partial charge in [0.05, 0.1) is 12.7 Å². The van der Waals surface area contributed by atoms with Gasteiger partial charge in [0.2, 0.25) is 0 Å². The van der Waals surface area contributed by atoms with Crippen molar-refractivity contribution in [1.82, 2.24) is 0 Å². The van der Waals surface area contributed by atoms with Crippen molar-refractivity contribution < 1.29 is 9.84 Å². The largest absolute Gasteiger partial charge is 0.392 e. The van der Waals surface area contributed by atoms with Gasteiger partial charge in [0, 0.05) is 7.11 Å². The fourth-order valence-corrected chi connectivity index (χ4v) is 1.21. The molecule has 1 N–H and O–H groups in total. The van der Waals surface area contributed by atoms with Crippen molar-refractivity contribution in [3.8, 4) is 0 Å². The molecule has 0 unspecified atom stereocenters.